The van der Waals surface area contributed by atoms with Gasteiger partial charge in [-0.2, -0.15) is 0 Å². The van der Waals surface area contributed by atoms with Crippen molar-refractivity contribution in [1.29, 1.82) is 0 Å². The number of hydrogen-bond acceptors (Lipinski definition) is 18. The van der Waals surface area contributed by atoms with Gasteiger partial charge in [-0.3, -0.25) is 53.0 Å². The quantitative estimate of drug-likeness (QED) is 0.0270. The van der Waals surface area contributed by atoms with Crippen molar-refractivity contribution >= 4 is 64.0 Å². The van der Waals surface area contributed by atoms with Gasteiger partial charge in [0.25, 0.3) is 17.4 Å². The Labute approximate surface area is 511 Å². The fourth-order valence-electron chi connectivity index (χ4n) is 11.5. The monoisotopic (exact) mass is 1240 g/mol. The van der Waals surface area contributed by atoms with Gasteiger partial charge in [0.2, 0.25) is 35.4 Å². The van der Waals surface area contributed by atoms with Crippen molar-refractivity contribution in [1.82, 2.24) is 45.9 Å². The Bertz CT molecular complexity index is 3410. The number of cyclic esters (lactones) is 1. The van der Waals surface area contributed by atoms with E-state index in [4.69, 9.17) is 28.4 Å². The zero-order valence-corrected chi connectivity index (χ0v) is 49.8. The van der Waals surface area contributed by atoms with Gasteiger partial charge in [0.15, 0.2) is 5.60 Å². The first-order valence-electron chi connectivity index (χ1n) is 29.7. The van der Waals surface area contributed by atoms with Crippen LogP contribution in [-0.2, 0) is 103 Å². The van der Waals surface area contributed by atoms with E-state index in [1.54, 1.807) is 66.1 Å². The molecule has 4 aromatic rings. The molecule has 1 saturated heterocycles. The number of nitrogens with one attached hydrogen (secondary N) is 5. The molecular weight excluding hydrogens is 1160 g/mol. The average Bonchev–Trinajstić information content (AvgIpc) is 1.64. The number of ether oxygens (including phenoxy) is 6. The van der Waals surface area contributed by atoms with Crippen LogP contribution >= 0.6 is 0 Å². The summed E-state index contributed by atoms with van der Waals surface area (Å²) in [6, 6.07) is 12.0. The minimum Gasteiger partial charge on any atom is -0.458 e. The lowest BCUT2D eigenvalue weighted by molar-refractivity contribution is -0.172. The molecule has 476 valence electrons. The summed E-state index contributed by atoms with van der Waals surface area (Å²) in [6.07, 6.45) is 3.14. The Kier molecular flexibility index (Phi) is 22.2. The van der Waals surface area contributed by atoms with Crippen molar-refractivity contribution in [2.75, 3.05) is 119 Å². The van der Waals surface area contributed by atoms with Crippen molar-refractivity contribution in [3.05, 3.63) is 116 Å². The van der Waals surface area contributed by atoms with Gasteiger partial charge in [-0.1, -0.05) is 37.3 Å². The Morgan fingerprint density at radius 2 is 1.44 bits per heavy atom. The van der Waals surface area contributed by atoms with Gasteiger partial charge in [-0.25, -0.2) is 9.18 Å². The number of imide groups is 1. The molecule has 5 aliphatic rings. The third-order valence-corrected chi connectivity index (χ3v) is 16.3. The van der Waals surface area contributed by atoms with Crippen LogP contribution in [0, 0.1) is 12.7 Å². The average molecular weight is 1240 g/mol. The Balaban J connectivity index is 0.718. The maximum Gasteiger partial charge on any atom is 0.343 e. The largest absolute Gasteiger partial charge is 0.458 e. The molecular formula is C62H74FN9O17. The highest BCUT2D eigenvalue weighted by Crippen LogP contribution is 2.47. The number of aliphatic hydroxyl groups is 1. The molecule has 8 amide bonds. The SMILES string of the molecule is CC[C@@]1(O)C(=O)OCc2c1cc1n(c2=O)Cc2c-1cc1cc(F)c(C)c3c1c2[C@@H](NC(=O)COCNC(=O)CNC(=O)[C@H](Cc1ccccc1)NC(=O)CNC(=O)CN1CCOCCOCCN(C(=O)CCN2C(=O)C=CC2=O)CCOCCOCC1)CC3. The van der Waals surface area contributed by atoms with E-state index in [1.165, 1.54) is 22.8 Å². The predicted molar refractivity (Wildman–Crippen MR) is 314 cm³/mol. The van der Waals surface area contributed by atoms with Gasteiger partial charge in [0.05, 0.1) is 96.3 Å². The van der Waals surface area contributed by atoms with Gasteiger partial charge in [-0.05, 0) is 83.0 Å². The molecule has 0 saturated carbocycles. The summed E-state index contributed by atoms with van der Waals surface area (Å²) >= 11 is 0. The van der Waals surface area contributed by atoms with Crippen LogP contribution in [0.25, 0.3) is 22.0 Å². The Morgan fingerprint density at radius 3 is 2.11 bits per heavy atom. The number of aryl methyl sites for hydroxylation is 1. The number of benzene rings is 3. The molecule has 3 aromatic carbocycles. The molecule has 89 heavy (non-hydrogen) atoms. The molecule has 6 N–H and O–H groups in total. The third-order valence-electron chi connectivity index (χ3n) is 16.3. The highest BCUT2D eigenvalue weighted by molar-refractivity contribution is 6.13. The van der Waals surface area contributed by atoms with Crippen LogP contribution < -0.4 is 32.1 Å². The number of carbonyl (C=O) groups excluding carboxylic acids is 9. The second-order valence-corrected chi connectivity index (χ2v) is 22.1. The van der Waals surface area contributed by atoms with Crippen LogP contribution in [0.4, 0.5) is 4.39 Å². The normalized spacial score (nSPS) is 19.5. The summed E-state index contributed by atoms with van der Waals surface area (Å²) < 4.78 is 50.7. The summed E-state index contributed by atoms with van der Waals surface area (Å²) in [5.41, 5.74) is 2.31. The fraction of sp³-hybridized carbons (Fsp3) is 0.484. The van der Waals surface area contributed by atoms with Gasteiger partial charge in [0.1, 0.15) is 31.8 Å². The highest BCUT2D eigenvalue weighted by atomic mass is 19.1. The Hall–Kier alpha value is -8.31. The molecule has 1 aliphatic carbocycles. The van der Waals surface area contributed by atoms with Crippen molar-refractivity contribution < 1.29 is 81.1 Å². The van der Waals surface area contributed by atoms with Crippen molar-refractivity contribution in [3.8, 4) is 11.3 Å². The van der Waals surface area contributed by atoms with Crippen LogP contribution in [0.15, 0.2) is 65.5 Å². The number of esters is 1. The van der Waals surface area contributed by atoms with Crippen LogP contribution in [0.1, 0.15) is 71.2 Å². The molecule has 0 bridgehead atoms. The third kappa shape index (κ3) is 15.9. The minimum atomic E-state index is -2.03. The van der Waals surface area contributed by atoms with Crippen molar-refractivity contribution in [3.63, 3.8) is 0 Å². The lowest BCUT2D eigenvalue weighted by Gasteiger charge is -2.31. The van der Waals surface area contributed by atoms with E-state index in [0.717, 1.165) is 21.4 Å². The molecule has 0 radical (unpaired) electrons. The lowest BCUT2D eigenvalue weighted by atomic mass is 9.79. The number of nitrogens with zero attached hydrogens (tertiary/aromatic N) is 4. The van der Waals surface area contributed by atoms with Gasteiger partial charge < -0.3 is 69.6 Å². The molecule has 5 heterocycles. The maximum absolute atomic E-state index is 15.5. The van der Waals surface area contributed by atoms with E-state index < -0.39 is 103 Å². The molecule has 26 nitrogen and oxygen atoms in total. The molecule has 27 heteroatoms. The van der Waals surface area contributed by atoms with Gasteiger partial charge in [0, 0.05) is 68.8 Å². The number of fused-ring (bicyclic) bond motifs is 5. The number of rotatable bonds is 19. The van der Waals surface area contributed by atoms with Gasteiger partial charge >= 0.3 is 5.97 Å². The van der Waals surface area contributed by atoms with E-state index in [0.29, 0.717) is 59.3 Å². The first-order valence-corrected chi connectivity index (χ1v) is 29.7. The van der Waals surface area contributed by atoms with Crippen molar-refractivity contribution in [2.45, 2.75) is 76.8 Å². The van der Waals surface area contributed by atoms with Crippen molar-refractivity contribution in [2.24, 2.45) is 0 Å². The molecule has 9 rings (SSSR count). The zero-order valence-electron chi connectivity index (χ0n) is 49.8. The standard InChI is InChI=1S/C62H74FN9O17/c1-3-62(83)45-30-49-42-28-40-29-46(63)38(2)41-9-10-47(58(57(40)41)43(42)33-72(49)60(81)44(45)35-89-61(62)82)67-53(76)36-88-37-66-50(73)31-65-59(80)48(27-39-7-5-4-6-8-39)68-51(74)32-64-52(75)34-69-15-19-84-23-25-86-21-17-70(18-22-87-26-24-85-20-16-69)54(77)13-14-71-55(78)11-12-56(71)79/h4-8,11-12,28-30,47-48,83H,3,9-10,13-27,31-37H2,1-2H3,(H,64,75)(H,65,80)(H,66,73)(H,67,76)(H,68,74)/t47-,48-,62-/m0/s1. The summed E-state index contributed by atoms with van der Waals surface area (Å²) in [4.78, 5) is 135. The first kappa shape index (κ1) is 65.1. The van der Waals surface area contributed by atoms with E-state index in [-0.39, 0.29) is 128 Å². The number of pyridine rings is 1. The topological polar surface area (TPSA) is 321 Å². The number of halogens is 1. The summed E-state index contributed by atoms with van der Waals surface area (Å²) in [7, 11) is 0. The van der Waals surface area contributed by atoms with Crippen LogP contribution in [-0.4, -0.2) is 202 Å². The second-order valence-electron chi connectivity index (χ2n) is 22.1. The second kappa shape index (κ2) is 30.3. The van der Waals surface area contributed by atoms with Gasteiger partial charge in [-0.15, -0.1) is 0 Å². The number of hydrogen-bond donors (Lipinski definition) is 6. The fourth-order valence-corrected chi connectivity index (χ4v) is 11.5. The minimum absolute atomic E-state index is 0.0322. The summed E-state index contributed by atoms with van der Waals surface area (Å²) in [5.74, 6) is -5.46. The van der Waals surface area contributed by atoms with E-state index in [2.05, 4.69) is 26.6 Å². The Morgan fingerprint density at radius 1 is 0.775 bits per heavy atom. The molecule has 0 spiro atoms. The highest BCUT2D eigenvalue weighted by Gasteiger charge is 2.46. The van der Waals surface area contributed by atoms with E-state index in [1.807, 2.05) is 0 Å². The first-order chi connectivity index (χ1) is 42.9. The van der Waals surface area contributed by atoms with Crippen LogP contribution in [0.2, 0.25) is 0 Å². The molecule has 4 aliphatic heterocycles. The number of amides is 8. The summed E-state index contributed by atoms with van der Waals surface area (Å²) in [6.45, 7) is 4.05. The maximum atomic E-state index is 15.5. The molecule has 3 atom stereocenters. The summed E-state index contributed by atoms with van der Waals surface area (Å²) in [5, 5.41) is 26.1. The lowest BCUT2D eigenvalue weighted by Crippen LogP contribution is -2.52. The van der Waals surface area contributed by atoms with Crippen LogP contribution in [0.5, 0.6) is 0 Å². The number of aromatic nitrogens is 1. The zero-order chi connectivity index (χ0) is 63.2. The van der Waals surface area contributed by atoms with Crippen LogP contribution in [0.3, 0.4) is 0 Å². The molecule has 1 fully saturated rings. The van der Waals surface area contributed by atoms with E-state index in [9.17, 15) is 53.1 Å². The molecule has 1 aromatic heterocycles. The smallest absolute Gasteiger partial charge is 0.343 e. The van der Waals surface area contributed by atoms with E-state index >= 15 is 4.39 Å². The molecule has 0 unspecified atom stereocenters. The number of carbonyl (C=O) groups is 9. The predicted octanol–water partition coefficient (Wildman–Crippen LogP) is -0.188.